The highest BCUT2D eigenvalue weighted by Crippen LogP contribution is 2.23. The first-order chi connectivity index (χ1) is 8.16. The van der Waals surface area contributed by atoms with Crippen molar-refractivity contribution in [3.05, 3.63) is 28.8 Å². The molecule has 0 aromatic heterocycles. The smallest absolute Gasteiger partial charge is 0.252 e. The van der Waals surface area contributed by atoms with Crippen LogP contribution in [0.3, 0.4) is 0 Å². The molecule has 1 aromatic rings. The van der Waals surface area contributed by atoms with Crippen molar-refractivity contribution >= 4 is 23.2 Å². The van der Waals surface area contributed by atoms with Gasteiger partial charge >= 0.3 is 0 Å². The summed E-state index contributed by atoms with van der Waals surface area (Å²) in [6.07, 6.45) is 2.65. The Labute approximate surface area is 106 Å². The summed E-state index contributed by atoms with van der Waals surface area (Å²) in [4.78, 5) is 11.2. The van der Waals surface area contributed by atoms with Crippen LogP contribution >= 0.6 is 11.6 Å². The van der Waals surface area contributed by atoms with Gasteiger partial charge in [0.2, 0.25) is 0 Å². The van der Waals surface area contributed by atoms with E-state index in [0.717, 1.165) is 25.8 Å². The molecule has 0 bridgehead atoms. The number of benzene rings is 1. The second-order valence-corrected chi connectivity index (χ2v) is 4.14. The van der Waals surface area contributed by atoms with Crippen molar-refractivity contribution < 1.29 is 9.90 Å². The average Bonchev–Trinajstić information content (AvgIpc) is 2.28. The summed E-state index contributed by atoms with van der Waals surface area (Å²) in [5.41, 5.74) is 6.26. The number of aliphatic hydroxyl groups excluding tert-OH is 1. The van der Waals surface area contributed by atoms with Gasteiger partial charge in [-0.1, -0.05) is 17.7 Å². The van der Waals surface area contributed by atoms with Crippen molar-refractivity contribution in [3.8, 4) is 0 Å². The Morgan fingerprint density at radius 3 is 2.76 bits per heavy atom. The number of anilines is 1. The lowest BCUT2D eigenvalue weighted by Crippen LogP contribution is -2.15. The summed E-state index contributed by atoms with van der Waals surface area (Å²) in [7, 11) is 0. The lowest BCUT2D eigenvalue weighted by Gasteiger charge is -2.10. The van der Waals surface area contributed by atoms with Gasteiger partial charge in [-0.15, -0.1) is 0 Å². The molecule has 0 saturated carbocycles. The highest BCUT2D eigenvalue weighted by molar-refractivity contribution is 6.34. The second-order valence-electron chi connectivity index (χ2n) is 3.74. The van der Waals surface area contributed by atoms with Crippen molar-refractivity contribution in [3.63, 3.8) is 0 Å². The summed E-state index contributed by atoms with van der Waals surface area (Å²) in [5, 5.41) is 12.1. The Morgan fingerprint density at radius 1 is 1.35 bits per heavy atom. The molecule has 1 amide bonds. The number of halogens is 1. The van der Waals surface area contributed by atoms with Gasteiger partial charge in [-0.2, -0.15) is 0 Å². The molecular formula is C12H17ClN2O2. The zero-order valence-electron chi connectivity index (χ0n) is 9.58. The fourth-order valence-corrected chi connectivity index (χ4v) is 1.83. The van der Waals surface area contributed by atoms with Crippen LogP contribution in [0.1, 0.15) is 29.6 Å². The third kappa shape index (κ3) is 4.24. The molecule has 5 heteroatoms. The number of nitrogens with two attached hydrogens (primary N) is 1. The number of rotatable bonds is 7. The molecule has 4 nitrogen and oxygen atoms in total. The minimum absolute atomic E-state index is 0.212. The van der Waals surface area contributed by atoms with E-state index in [0.29, 0.717) is 16.3 Å². The summed E-state index contributed by atoms with van der Waals surface area (Å²) in [5.74, 6) is -0.534. The molecule has 94 valence electrons. The highest BCUT2D eigenvalue weighted by Gasteiger charge is 2.11. The molecule has 1 aromatic carbocycles. The second kappa shape index (κ2) is 7.14. The van der Waals surface area contributed by atoms with Crippen LogP contribution in [0.15, 0.2) is 18.2 Å². The van der Waals surface area contributed by atoms with Gasteiger partial charge in [-0.05, 0) is 31.4 Å². The fourth-order valence-electron chi connectivity index (χ4n) is 1.56. The number of unbranched alkanes of at least 4 members (excludes halogenated alkanes) is 2. The van der Waals surface area contributed by atoms with Gasteiger partial charge in [0.15, 0.2) is 0 Å². The lowest BCUT2D eigenvalue weighted by molar-refractivity contribution is 0.100. The molecule has 1 rings (SSSR count). The summed E-state index contributed by atoms with van der Waals surface area (Å²) < 4.78 is 0. The Morgan fingerprint density at radius 2 is 2.12 bits per heavy atom. The molecule has 17 heavy (non-hydrogen) atoms. The monoisotopic (exact) mass is 256 g/mol. The third-order valence-electron chi connectivity index (χ3n) is 2.41. The highest BCUT2D eigenvalue weighted by atomic mass is 35.5. The Balaban J connectivity index is 2.58. The van der Waals surface area contributed by atoms with Crippen LogP contribution in [0.2, 0.25) is 5.02 Å². The van der Waals surface area contributed by atoms with E-state index >= 15 is 0 Å². The van der Waals surface area contributed by atoms with Gasteiger partial charge in [-0.25, -0.2) is 0 Å². The zero-order chi connectivity index (χ0) is 12.7. The van der Waals surface area contributed by atoms with Crippen LogP contribution in [0.25, 0.3) is 0 Å². The van der Waals surface area contributed by atoms with Gasteiger partial charge in [0.25, 0.3) is 5.91 Å². The number of nitrogens with one attached hydrogen (secondary N) is 1. The lowest BCUT2D eigenvalue weighted by atomic mass is 10.1. The van der Waals surface area contributed by atoms with Crippen LogP contribution < -0.4 is 11.1 Å². The van der Waals surface area contributed by atoms with E-state index in [1.54, 1.807) is 18.2 Å². The summed E-state index contributed by atoms with van der Waals surface area (Å²) in [6.45, 7) is 0.935. The van der Waals surface area contributed by atoms with Crippen molar-refractivity contribution in [2.45, 2.75) is 19.3 Å². The average molecular weight is 257 g/mol. The first kappa shape index (κ1) is 13.8. The maximum Gasteiger partial charge on any atom is 0.252 e. The fraction of sp³-hybridized carbons (Fsp3) is 0.417. The number of amides is 1. The SMILES string of the molecule is NC(=O)c1c(Cl)cccc1NCCCCCO. The van der Waals surface area contributed by atoms with Gasteiger partial charge < -0.3 is 16.2 Å². The number of carbonyl (C=O) groups is 1. The third-order valence-corrected chi connectivity index (χ3v) is 2.73. The van der Waals surface area contributed by atoms with E-state index in [1.807, 2.05) is 0 Å². The quantitative estimate of drug-likeness (QED) is 0.654. The van der Waals surface area contributed by atoms with Crippen LogP contribution in [0, 0.1) is 0 Å². The molecule has 0 heterocycles. The zero-order valence-corrected chi connectivity index (χ0v) is 10.3. The standard InChI is InChI=1S/C12H17ClN2O2/c13-9-5-4-6-10(11(9)12(14)17)15-7-2-1-3-8-16/h4-6,15-16H,1-3,7-8H2,(H2,14,17). The van der Waals surface area contributed by atoms with Gasteiger partial charge in [0, 0.05) is 18.8 Å². The maximum atomic E-state index is 11.2. The van der Waals surface area contributed by atoms with Crippen LogP contribution in [-0.2, 0) is 0 Å². The Bertz CT molecular complexity index is 383. The molecule has 0 unspecified atom stereocenters. The van der Waals surface area contributed by atoms with Gasteiger partial charge in [-0.3, -0.25) is 4.79 Å². The van der Waals surface area contributed by atoms with Crippen LogP contribution in [0.5, 0.6) is 0 Å². The predicted octanol–water partition coefficient (Wildman–Crippen LogP) is 2.01. The molecule has 0 saturated heterocycles. The summed E-state index contributed by atoms with van der Waals surface area (Å²) in [6, 6.07) is 5.18. The van der Waals surface area contributed by atoms with Gasteiger partial charge in [0.1, 0.15) is 0 Å². The van der Waals surface area contributed by atoms with Crippen molar-refractivity contribution in [1.82, 2.24) is 0 Å². The maximum absolute atomic E-state index is 11.2. The number of carbonyl (C=O) groups excluding carboxylic acids is 1. The van der Waals surface area contributed by atoms with Crippen molar-refractivity contribution in [2.24, 2.45) is 5.73 Å². The topological polar surface area (TPSA) is 75.4 Å². The largest absolute Gasteiger partial charge is 0.396 e. The van der Waals surface area contributed by atoms with Crippen LogP contribution in [-0.4, -0.2) is 24.2 Å². The van der Waals surface area contributed by atoms with Crippen molar-refractivity contribution in [2.75, 3.05) is 18.5 Å². The number of aliphatic hydroxyl groups is 1. The normalized spacial score (nSPS) is 10.2. The van der Waals surface area contributed by atoms with E-state index in [9.17, 15) is 4.79 Å². The number of primary amides is 1. The van der Waals surface area contributed by atoms with Gasteiger partial charge in [0.05, 0.1) is 10.6 Å². The molecule has 0 aliphatic rings. The minimum Gasteiger partial charge on any atom is -0.396 e. The summed E-state index contributed by atoms with van der Waals surface area (Å²) >= 11 is 5.91. The molecular weight excluding hydrogens is 240 g/mol. The molecule has 0 aliphatic carbocycles. The first-order valence-corrected chi connectivity index (χ1v) is 5.97. The van der Waals surface area contributed by atoms with E-state index in [1.165, 1.54) is 0 Å². The van der Waals surface area contributed by atoms with E-state index in [4.69, 9.17) is 22.4 Å². The van der Waals surface area contributed by atoms with E-state index in [2.05, 4.69) is 5.32 Å². The molecule has 0 radical (unpaired) electrons. The van der Waals surface area contributed by atoms with E-state index in [-0.39, 0.29) is 6.61 Å². The number of hydrogen-bond donors (Lipinski definition) is 3. The molecule has 0 aliphatic heterocycles. The predicted molar refractivity (Wildman–Crippen MR) is 69.4 cm³/mol. The molecule has 4 N–H and O–H groups in total. The molecule has 0 fully saturated rings. The first-order valence-electron chi connectivity index (χ1n) is 5.60. The Kier molecular flexibility index (Phi) is 5.80. The number of hydrogen-bond acceptors (Lipinski definition) is 3. The van der Waals surface area contributed by atoms with Crippen molar-refractivity contribution in [1.29, 1.82) is 0 Å². The molecule has 0 atom stereocenters. The van der Waals surface area contributed by atoms with Crippen LogP contribution in [0.4, 0.5) is 5.69 Å². The van der Waals surface area contributed by atoms with E-state index < -0.39 is 5.91 Å². The Hall–Kier alpha value is -1.26. The molecule has 0 spiro atoms. The minimum atomic E-state index is -0.534.